The molecule has 1 saturated heterocycles. The summed E-state index contributed by atoms with van der Waals surface area (Å²) in [6.45, 7) is 8.78. The molecule has 1 aliphatic heterocycles. The molecule has 0 unspecified atom stereocenters. The van der Waals surface area contributed by atoms with Gasteiger partial charge in [0.15, 0.2) is 0 Å². The molecule has 2 heterocycles. The second-order valence-electron chi connectivity index (χ2n) is 10.1. The van der Waals surface area contributed by atoms with Crippen LogP contribution < -0.4 is 10.2 Å². The van der Waals surface area contributed by atoms with Crippen molar-refractivity contribution in [3.05, 3.63) is 93.5 Å². The van der Waals surface area contributed by atoms with Gasteiger partial charge in [-0.25, -0.2) is 8.42 Å². The van der Waals surface area contributed by atoms with Crippen LogP contribution in [0.5, 0.6) is 5.75 Å². The summed E-state index contributed by atoms with van der Waals surface area (Å²) < 4.78 is 38.6. The molecule has 0 N–H and O–H groups in total. The van der Waals surface area contributed by atoms with Gasteiger partial charge in [0.05, 0.1) is 23.1 Å². The molecule has 0 saturated carbocycles. The van der Waals surface area contributed by atoms with Crippen molar-refractivity contribution < 1.29 is 17.6 Å². The Morgan fingerprint density at radius 3 is 2.22 bits per heavy atom. The maximum absolute atomic E-state index is 12.9. The summed E-state index contributed by atoms with van der Waals surface area (Å²) in [5.74, 6) is 0.650. The van der Waals surface area contributed by atoms with Gasteiger partial charge in [-0.05, 0) is 40.8 Å². The van der Waals surface area contributed by atoms with Gasteiger partial charge in [-0.3, -0.25) is 9.69 Å². The number of hydrogen-bond donors (Lipinski definition) is 0. The van der Waals surface area contributed by atoms with Crippen LogP contribution in [0.4, 0.5) is 0 Å². The molecule has 0 amide bonds. The number of nitrogens with zero attached hydrogens (tertiary/aromatic N) is 3. The van der Waals surface area contributed by atoms with Gasteiger partial charge in [0.1, 0.15) is 18.6 Å². The van der Waals surface area contributed by atoms with Crippen LogP contribution >= 0.6 is 0 Å². The molecule has 0 atom stereocenters. The van der Waals surface area contributed by atoms with Crippen LogP contribution in [0.15, 0.2) is 75.0 Å². The van der Waals surface area contributed by atoms with Crippen molar-refractivity contribution in [1.82, 2.24) is 9.21 Å². The monoisotopic (exact) mass is 521 g/mol. The van der Waals surface area contributed by atoms with E-state index in [2.05, 4.69) is 32.9 Å². The first-order chi connectivity index (χ1) is 17.6. The lowest BCUT2D eigenvalue weighted by Crippen LogP contribution is -2.48. The SMILES string of the molecule is CC(C)(C)c1ccc(COc2coc(CN3CCN(S(=O)(=O)c4ccc(C#N)cc4)CC3)cc2=O)cc1. The number of hydrogen-bond acceptors (Lipinski definition) is 7. The van der Waals surface area contributed by atoms with Crippen molar-refractivity contribution in [3.63, 3.8) is 0 Å². The zero-order valence-electron chi connectivity index (χ0n) is 21.3. The standard InChI is InChI=1S/C28H31N3O5S/c1-28(2,3)23-8-4-22(5-9-23)19-36-27-20-35-24(16-26(27)32)18-30-12-14-31(15-13-30)37(33,34)25-10-6-21(17-29)7-11-25/h4-11,16,20H,12-15,18-19H2,1-3H3. The van der Waals surface area contributed by atoms with E-state index in [1.807, 2.05) is 23.1 Å². The Morgan fingerprint density at radius 1 is 1.00 bits per heavy atom. The van der Waals surface area contributed by atoms with E-state index in [4.69, 9.17) is 14.4 Å². The highest BCUT2D eigenvalue weighted by Gasteiger charge is 2.28. The van der Waals surface area contributed by atoms with Gasteiger partial charge in [-0.15, -0.1) is 0 Å². The van der Waals surface area contributed by atoms with E-state index in [0.717, 1.165) is 5.56 Å². The van der Waals surface area contributed by atoms with Crippen molar-refractivity contribution in [2.45, 2.75) is 44.2 Å². The van der Waals surface area contributed by atoms with Gasteiger partial charge in [0, 0.05) is 32.2 Å². The summed E-state index contributed by atoms with van der Waals surface area (Å²) in [7, 11) is -3.63. The molecule has 1 aliphatic rings. The highest BCUT2D eigenvalue weighted by Crippen LogP contribution is 2.23. The average Bonchev–Trinajstić information content (AvgIpc) is 2.88. The molecule has 2 aromatic carbocycles. The molecule has 0 aliphatic carbocycles. The van der Waals surface area contributed by atoms with Gasteiger partial charge in [-0.1, -0.05) is 45.0 Å². The van der Waals surface area contributed by atoms with Crippen LogP contribution in [0.3, 0.4) is 0 Å². The molecule has 1 aromatic heterocycles. The normalized spacial score (nSPS) is 15.3. The number of sulfonamides is 1. The summed E-state index contributed by atoms with van der Waals surface area (Å²) >= 11 is 0. The lowest BCUT2D eigenvalue weighted by atomic mass is 9.87. The zero-order chi connectivity index (χ0) is 26.6. The number of piperazine rings is 1. The topological polar surface area (TPSA) is 104 Å². The highest BCUT2D eigenvalue weighted by molar-refractivity contribution is 7.89. The highest BCUT2D eigenvalue weighted by atomic mass is 32.2. The Labute approximate surface area is 217 Å². The van der Waals surface area contributed by atoms with E-state index in [1.165, 1.54) is 46.5 Å². The summed E-state index contributed by atoms with van der Waals surface area (Å²) in [4.78, 5) is 14.8. The Bertz CT molecular complexity index is 1430. The van der Waals surface area contributed by atoms with Crippen LogP contribution in [0.2, 0.25) is 0 Å². The Morgan fingerprint density at radius 2 is 1.65 bits per heavy atom. The lowest BCUT2D eigenvalue weighted by Gasteiger charge is -2.33. The van der Waals surface area contributed by atoms with Crippen LogP contribution in [0.1, 0.15) is 43.2 Å². The fraction of sp³-hybridized carbons (Fsp3) is 0.357. The number of nitriles is 1. The molecule has 3 aromatic rings. The molecule has 194 valence electrons. The number of ether oxygens (including phenoxy) is 1. The first-order valence-electron chi connectivity index (χ1n) is 12.1. The minimum absolute atomic E-state index is 0.0716. The van der Waals surface area contributed by atoms with Crippen LogP contribution in [0, 0.1) is 11.3 Å². The molecular formula is C28H31N3O5S. The predicted octanol–water partition coefficient (Wildman–Crippen LogP) is 3.89. The van der Waals surface area contributed by atoms with E-state index in [1.54, 1.807) is 0 Å². The molecule has 8 nitrogen and oxygen atoms in total. The Hall–Kier alpha value is -3.45. The van der Waals surface area contributed by atoms with Crippen molar-refractivity contribution in [1.29, 1.82) is 5.26 Å². The van der Waals surface area contributed by atoms with E-state index in [9.17, 15) is 13.2 Å². The molecule has 1 fully saturated rings. The second-order valence-corrected chi connectivity index (χ2v) is 12.1. The lowest BCUT2D eigenvalue weighted by molar-refractivity contribution is 0.169. The molecule has 37 heavy (non-hydrogen) atoms. The van der Waals surface area contributed by atoms with Gasteiger partial charge in [-0.2, -0.15) is 9.57 Å². The van der Waals surface area contributed by atoms with E-state index in [0.29, 0.717) is 44.0 Å². The molecule has 0 spiro atoms. The second kappa shape index (κ2) is 10.9. The third kappa shape index (κ3) is 6.46. The van der Waals surface area contributed by atoms with E-state index >= 15 is 0 Å². The number of rotatable bonds is 7. The average molecular weight is 522 g/mol. The Balaban J connectivity index is 1.30. The first kappa shape index (κ1) is 26.6. The van der Waals surface area contributed by atoms with Crippen molar-refractivity contribution >= 4 is 10.0 Å². The van der Waals surface area contributed by atoms with Crippen molar-refractivity contribution in [2.75, 3.05) is 26.2 Å². The van der Waals surface area contributed by atoms with Gasteiger partial charge in [0.2, 0.25) is 21.2 Å². The van der Waals surface area contributed by atoms with E-state index in [-0.39, 0.29) is 28.1 Å². The molecule has 0 bridgehead atoms. The predicted molar refractivity (Wildman–Crippen MR) is 140 cm³/mol. The molecular weight excluding hydrogens is 490 g/mol. The number of benzene rings is 2. The summed E-state index contributed by atoms with van der Waals surface area (Å²) in [5.41, 5.74) is 2.42. The third-order valence-corrected chi connectivity index (χ3v) is 8.31. The molecule has 4 rings (SSSR count). The minimum atomic E-state index is -3.63. The Kier molecular flexibility index (Phi) is 7.83. The minimum Gasteiger partial charge on any atom is -0.482 e. The zero-order valence-corrected chi connectivity index (χ0v) is 22.1. The summed E-state index contributed by atoms with van der Waals surface area (Å²) in [6, 6.07) is 17.5. The smallest absolute Gasteiger partial charge is 0.243 e. The fourth-order valence-corrected chi connectivity index (χ4v) is 5.51. The van der Waals surface area contributed by atoms with Crippen LogP contribution in [0.25, 0.3) is 0 Å². The van der Waals surface area contributed by atoms with Gasteiger partial charge < -0.3 is 9.15 Å². The molecule has 0 radical (unpaired) electrons. The largest absolute Gasteiger partial charge is 0.482 e. The molecule has 9 heteroatoms. The van der Waals surface area contributed by atoms with Crippen molar-refractivity contribution in [2.24, 2.45) is 0 Å². The summed E-state index contributed by atoms with van der Waals surface area (Å²) in [5, 5.41) is 8.92. The van der Waals surface area contributed by atoms with Gasteiger partial charge in [0.25, 0.3) is 0 Å². The van der Waals surface area contributed by atoms with Crippen molar-refractivity contribution in [3.8, 4) is 11.8 Å². The summed E-state index contributed by atoms with van der Waals surface area (Å²) in [6.07, 6.45) is 1.34. The first-order valence-corrected chi connectivity index (χ1v) is 13.6. The van der Waals surface area contributed by atoms with Gasteiger partial charge >= 0.3 is 0 Å². The van der Waals surface area contributed by atoms with Crippen LogP contribution in [-0.2, 0) is 28.6 Å². The fourth-order valence-electron chi connectivity index (χ4n) is 4.09. The maximum atomic E-state index is 12.9. The van der Waals surface area contributed by atoms with E-state index < -0.39 is 10.0 Å². The maximum Gasteiger partial charge on any atom is 0.243 e. The third-order valence-electron chi connectivity index (χ3n) is 6.40. The quantitative estimate of drug-likeness (QED) is 0.465. The van der Waals surface area contributed by atoms with Crippen LogP contribution in [-0.4, -0.2) is 43.8 Å².